The number of nitrogens with zero attached hydrogens (tertiary/aromatic N) is 3. The molecule has 4 rings (SSSR count). The number of hydrogen-bond acceptors (Lipinski definition) is 10. The van der Waals surface area contributed by atoms with Gasteiger partial charge in [-0.15, -0.1) is 11.3 Å². The van der Waals surface area contributed by atoms with E-state index in [1.54, 1.807) is 24.3 Å². The normalized spacial score (nSPS) is 17.2. The summed E-state index contributed by atoms with van der Waals surface area (Å²) in [4.78, 5) is 34.9. The first-order valence-corrected chi connectivity index (χ1v) is 11.6. The van der Waals surface area contributed by atoms with Crippen LogP contribution in [0.1, 0.15) is 52.8 Å². The molecule has 0 amide bonds. The number of alkyl halides is 3. The van der Waals surface area contributed by atoms with Crippen molar-refractivity contribution < 1.29 is 37.8 Å². The lowest BCUT2D eigenvalue weighted by Crippen LogP contribution is -2.42. The largest absolute Gasteiger partial charge is 0.416 e. The minimum absolute atomic E-state index is 0.0131. The first-order chi connectivity index (χ1) is 17.0. The molecule has 3 aromatic rings. The van der Waals surface area contributed by atoms with Crippen molar-refractivity contribution in [2.75, 3.05) is 0 Å². The van der Waals surface area contributed by atoms with Crippen molar-refractivity contribution in [3.05, 3.63) is 64.2 Å². The highest BCUT2D eigenvalue weighted by Gasteiger charge is 2.34. The van der Waals surface area contributed by atoms with Gasteiger partial charge in [-0.1, -0.05) is 29.3 Å². The van der Waals surface area contributed by atoms with E-state index in [0.717, 1.165) is 23.5 Å². The second-order valence-corrected chi connectivity index (χ2v) is 9.07. The van der Waals surface area contributed by atoms with E-state index in [1.165, 1.54) is 19.9 Å². The molecule has 1 aromatic heterocycles. The number of thiazole rings is 1. The van der Waals surface area contributed by atoms with E-state index in [2.05, 4.69) is 15.5 Å². The fourth-order valence-corrected chi connectivity index (χ4v) is 4.62. The number of carbonyl (C=O) groups excluding carboxylic acids is 2. The van der Waals surface area contributed by atoms with E-state index >= 15 is 0 Å². The Kier molecular flexibility index (Phi) is 7.09. The number of aromatic nitrogens is 1. The van der Waals surface area contributed by atoms with Crippen molar-refractivity contribution in [3.63, 3.8) is 0 Å². The number of fused-ring (bicyclic) bond motifs is 2. The Bertz CT molecular complexity index is 1330. The van der Waals surface area contributed by atoms with Crippen LogP contribution in [0.2, 0.25) is 0 Å². The highest BCUT2D eigenvalue weighted by Crippen LogP contribution is 2.34. The number of hydrazone groups is 1. The average molecular weight is 523 g/mol. The summed E-state index contributed by atoms with van der Waals surface area (Å²) in [6, 6.07) is 8.86. The Hall–Kier alpha value is -3.39. The number of Topliss-reactive ketones (excluding diaryl/α,β-unsaturated/α-hetero) is 1. The molecule has 3 N–H and O–H groups in total. The Morgan fingerprint density at radius 1 is 1.17 bits per heavy atom. The van der Waals surface area contributed by atoms with Crippen molar-refractivity contribution in [1.29, 1.82) is 0 Å². The van der Waals surface area contributed by atoms with E-state index in [0.29, 0.717) is 20.9 Å². The molecule has 0 spiro atoms. The smallest absolute Gasteiger partial charge is 0.375 e. The highest BCUT2D eigenvalue weighted by molar-refractivity contribution is 7.20. The third-order valence-corrected chi connectivity index (χ3v) is 6.41. The van der Waals surface area contributed by atoms with Gasteiger partial charge in [-0.3, -0.25) is 10.2 Å². The number of nitrogens with one attached hydrogen (secondary N) is 1. The van der Waals surface area contributed by atoms with Crippen molar-refractivity contribution in [1.82, 2.24) is 15.5 Å². The van der Waals surface area contributed by atoms with Crippen LogP contribution in [-0.4, -0.2) is 50.2 Å². The minimum atomic E-state index is -4.53. The summed E-state index contributed by atoms with van der Waals surface area (Å²) in [5.41, 5.74) is 3.17. The van der Waals surface area contributed by atoms with Gasteiger partial charge in [0.25, 0.3) is 0 Å². The van der Waals surface area contributed by atoms with E-state index in [1.807, 2.05) is 0 Å². The maximum absolute atomic E-state index is 13.3. The van der Waals surface area contributed by atoms with E-state index in [9.17, 15) is 33.0 Å². The molecule has 13 heteroatoms. The predicted octanol–water partition coefficient (Wildman–Crippen LogP) is 3.37. The van der Waals surface area contributed by atoms with Gasteiger partial charge < -0.3 is 15.1 Å². The van der Waals surface area contributed by atoms with E-state index in [-0.39, 0.29) is 22.7 Å². The lowest BCUT2D eigenvalue weighted by molar-refractivity contribution is -0.275. The van der Waals surface area contributed by atoms with Gasteiger partial charge in [0.1, 0.15) is 18.5 Å². The van der Waals surface area contributed by atoms with Gasteiger partial charge in [-0.2, -0.15) is 18.3 Å². The van der Waals surface area contributed by atoms with Gasteiger partial charge in [0.15, 0.2) is 5.01 Å². The maximum atomic E-state index is 13.3. The van der Waals surface area contributed by atoms with Crippen LogP contribution in [0.3, 0.4) is 0 Å². The Labute approximate surface area is 206 Å². The number of hydroxylamine groups is 2. The molecule has 0 radical (unpaired) electrons. The number of carbonyl (C=O) groups is 2. The van der Waals surface area contributed by atoms with Gasteiger partial charge in [-0.05, 0) is 37.6 Å². The van der Waals surface area contributed by atoms with Crippen molar-refractivity contribution in [2.45, 2.75) is 44.9 Å². The molecule has 0 bridgehead atoms. The number of hydrogen-bond donors (Lipinski definition) is 3. The molecule has 3 atom stereocenters. The SMILES string of the molecule is CC(O)N(OC(=O)CC1=NNC(C(=O)c2nc3cc(C(F)(F)F)ccc3s2)c2ccccc21)C(C)O. The zero-order chi connectivity index (χ0) is 26.2. The maximum Gasteiger partial charge on any atom is 0.416 e. The van der Waals surface area contributed by atoms with Crippen LogP contribution in [0, 0.1) is 0 Å². The van der Waals surface area contributed by atoms with Gasteiger partial charge in [0, 0.05) is 5.56 Å². The first-order valence-electron chi connectivity index (χ1n) is 10.7. The summed E-state index contributed by atoms with van der Waals surface area (Å²) >= 11 is 0.973. The lowest BCUT2D eigenvalue weighted by atomic mass is 9.92. The molecule has 2 aromatic carbocycles. The van der Waals surface area contributed by atoms with Crippen LogP contribution in [0.5, 0.6) is 0 Å². The Morgan fingerprint density at radius 2 is 1.86 bits per heavy atom. The van der Waals surface area contributed by atoms with Crippen LogP contribution in [0.25, 0.3) is 10.2 Å². The lowest BCUT2D eigenvalue weighted by Gasteiger charge is -2.27. The van der Waals surface area contributed by atoms with Gasteiger partial charge in [0.2, 0.25) is 5.78 Å². The van der Waals surface area contributed by atoms with E-state index in [4.69, 9.17) is 4.84 Å². The average Bonchev–Trinajstić information content (AvgIpc) is 3.25. The number of halogens is 3. The fourth-order valence-electron chi connectivity index (χ4n) is 3.70. The zero-order valence-corrected chi connectivity index (χ0v) is 19.8. The molecule has 2 heterocycles. The summed E-state index contributed by atoms with van der Waals surface area (Å²) in [5, 5.41) is 24.2. The third-order valence-electron chi connectivity index (χ3n) is 5.35. The molecule has 1 aliphatic rings. The fraction of sp³-hybridized carbons (Fsp3) is 0.304. The molecule has 0 fully saturated rings. The molecule has 9 nitrogen and oxygen atoms in total. The predicted molar refractivity (Wildman–Crippen MR) is 124 cm³/mol. The number of aliphatic hydroxyl groups is 2. The van der Waals surface area contributed by atoms with Gasteiger partial charge in [-0.25, -0.2) is 9.78 Å². The molecule has 0 saturated carbocycles. The summed E-state index contributed by atoms with van der Waals surface area (Å²) in [7, 11) is 0. The van der Waals surface area contributed by atoms with Crippen molar-refractivity contribution in [3.8, 4) is 0 Å². The molecular weight excluding hydrogens is 501 g/mol. The molecule has 0 saturated heterocycles. The molecule has 190 valence electrons. The second-order valence-electron chi connectivity index (χ2n) is 8.04. The summed E-state index contributed by atoms with van der Waals surface area (Å²) in [6.07, 6.45) is -7.37. The monoisotopic (exact) mass is 522 g/mol. The van der Waals surface area contributed by atoms with Crippen LogP contribution in [-0.2, 0) is 15.8 Å². The van der Waals surface area contributed by atoms with Crippen molar-refractivity contribution >= 4 is 39.0 Å². The summed E-state index contributed by atoms with van der Waals surface area (Å²) in [5.74, 6) is -1.29. The van der Waals surface area contributed by atoms with Gasteiger partial charge >= 0.3 is 12.1 Å². The number of ketones is 1. The minimum Gasteiger partial charge on any atom is -0.375 e. The molecule has 3 unspecified atom stereocenters. The second kappa shape index (κ2) is 9.93. The molecular formula is C23H21F3N4O5S. The number of rotatable bonds is 7. The number of aliphatic hydroxyl groups excluding tert-OH is 2. The topological polar surface area (TPSA) is 124 Å². The molecule has 1 aliphatic heterocycles. The van der Waals surface area contributed by atoms with Crippen LogP contribution < -0.4 is 5.43 Å². The standard InChI is InChI=1S/C23H21F3N4O5S/c1-11(31)30(12(2)32)35-19(33)10-16-14-5-3-4-6-15(14)20(29-28-16)21(34)22-27-17-9-13(23(24,25)26)7-8-18(17)36-22/h3-9,11-12,20,29,31-32H,10H2,1-2H3. The van der Waals surface area contributed by atoms with Crippen LogP contribution in [0.4, 0.5) is 13.2 Å². The Morgan fingerprint density at radius 3 is 2.53 bits per heavy atom. The summed E-state index contributed by atoms with van der Waals surface area (Å²) < 4.78 is 39.5. The molecule has 36 heavy (non-hydrogen) atoms. The van der Waals surface area contributed by atoms with E-state index < -0.39 is 42.0 Å². The third kappa shape index (κ3) is 5.23. The first kappa shape index (κ1) is 25.7. The highest BCUT2D eigenvalue weighted by atomic mass is 32.1. The van der Waals surface area contributed by atoms with Crippen LogP contribution >= 0.6 is 11.3 Å². The van der Waals surface area contributed by atoms with Crippen molar-refractivity contribution in [2.24, 2.45) is 5.10 Å². The zero-order valence-electron chi connectivity index (χ0n) is 19.0. The van der Waals surface area contributed by atoms with Gasteiger partial charge in [0.05, 0.1) is 27.9 Å². The molecule has 0 aliphatic carbocycles. The summed E-state index contributed by atoms with van der Waals surface area (Å²) in [6.45, 7) is 2.63. The quantitative estimate of drug-likeness (QED) is 0.245. The number of benzene rings is 2. The Balaban J connectivity index is 1.57. The van der Waals surface area contributed by atoms with Crippen LogP contribution in [0.15, 0.2) is 47.6 Å².